The second-order valence-corrected chi connectivity index (χ2v) is 17.6. The van der Waals surface area contributed by atoms with Crippen molar-refractivity contribution in [2.75, 3.05) is 52.0 Å². The number of aliphatic hydroxyl groups is 1. The molecule has 1 unspecified atom stereocenters. The maximum Gasteiger partial charge on any atom is 0.416 e. The van der Waals surface area contributed by atoms with Crippen LogP contribution in [0.2, 0.25) is 0 Å². The van der Waals surface area contributed by atoms with Crippen molar-refractivity contribution in [3.05, 3.63) is 88.1 Å². The lowest BCUT2D eigenvalue weighted by Crippen LogP contribution is -2.51. The van der Waals surface area contributed by atoms with Gasteiger partial charge in [0, 0.05) is 42.8 Å². The van der Waals surface area contributed by atoms with Crippen LogP contribution < -0.4 is 23.8 Å². The first kappa shape index (κ1) is 43.3. The Bertz CT molecular complexity index is 2260. The fraction of sp³-hybridized carbons (Fsp3) is 0.405. The van der Waals surface area contributed by atoms with Gasteiger partial charge < -0.3 is 38.6 Å². The maximum absolute atomic E-state index is 14.0. The van der Waals surface area contributed by atoms with Crippen LogP contribution in [0.25, 0.3) is 0 Å². The fourth-order valence-corrected chi connectivity index (χ4v) is 9.34. The number of hydrogen-bond acceptors (Lipinski definition) is 15. The molecule has 2 aromatic carbocycles. The number of carbonyl (C=O) groups is 3. The van der Waals surface area contributed by atoms with Crippen LogP contribution in [0.1, 0.15) is 59.7 Å². The summed E-state index contributed by atoms with van der Waals surface area (Å²) in [6.07, 6.45) is 3.65. The van der Waals surface area contributed by atoms with Gasteiger partial charge in [-0.25, -0.2) is 14.7 Å². The number of carbonyl (C=O) groups excluding carboxylic acids is 3. The van der Waals surface area contributed by atoms with E-state index in [1.807, 2.05) is 6.92 Å². The molecular weight excluding hydrogens is 829 g/mol. The summed E-state index contributed by atoms with van der Waals surface area (Å²) in [6, 6.07) is 8.46. The van der Waals surface area contributed by atoms with Gasteiger partial charge in [0.1, 0.15) is 17.8 Å². The Labute approximate surface area is 360 Å². The Morgan fingerprint density at radius 3 is 2.26 bits per heavy atom. The number of pyridine rings is 1. The Morgan fingerprint density at radius 1 is 0.934 bits per heavy atom. The average Bonchev–Trinajstić information content (AvgIpc) is 3.79. The molecule has 4 atom stereocenters. The number of fused-ring (bicyclic) bond motifs is 4. The third-order valence-corrected chi connectivity index (χ3v) is 13.3. The largest absolute Gasteiger partial charge is 0.493 e. The minimum Gasteiger partial charge on any atom is -0.493 e. The van der Waals surface area contributed by atoms with Gasteiger partial charge in [0.25, 0.3) is 17.5 Å². The molecule has 2 saturated heterocycles. The highest BCUT2D eigenvalue weighted by molar-refractivity contribution is 8.76. The second-order valence-electron chi connectivity index (χ2n) is 14.9. The van der Waals surface area contributed by atoms with Gasteiger partial charge >= 0.3 is 6.09 Å². The molecule has 17 nitrogen and oxygen atoms in total. The third-order valence-electron chi connectivity index (χ3n) is 10.6. The van der Waals surface area contributed by atoms with Crippen LogP contribution >= 0.6 is 21.6 Å². The molecule has 1 aromatic heterocycles. The number of aromatic nitrogens is 1. The zero-order chi connectivity index (χ0) is 43.4. The lowest BCUT2D eigenvalue weighted by atomic mass is 10.1. The van der Waals surface area contributed by atoms with Crippen LogP contribution in [0.5, 0.6) is 23.0 Å². The number of aliphatic hydroxyl groups excluding tert-OH is 1. The molecule has 0 radical (unpaired) electrons. The molecule has 0 aliphatic carbocycles. The van der Waals surface area contributed by atoms with E-state index in [1.54, 1.807) is 23.2 Å². The van der Waals surface area contributed by atoms with Crippen molar-refractivity contribution in [3.8, 4) is 23.0 Å². The summed E-state index contributed by atoms with van der Waals surface area (Å²) in [5.74, 6) is 0.954. The van der Waals surface area contributed by atoms with Gasteiger partial charge in [-0.15, -0.1) is 0 Å². The van der Waals surface area contributed by atoms with E-state index in [0.29, 0.717) is 66.6 Å². The number of unbranched alkanes of at least 4 members (excludes halogenated alkanes) is 2. The van der Waals surface area contributed by atoms with Crippen LogP contribution in [0.4, 0.5) is 21.9 Å². The molecule has 7 rings (SSSR count). The number of aliphatic imine (C=N–C) groups is 1. The van der Waals surface area contributed by atoms with Gasteiger partial charge in [0.15, 0.2) is 29.2 Å². The molecule has 4 aliphatic heterocycles. The van der Waals surface area contributed by atoms with E-state index in [0.717, 1.165) is 22.5 Å². The number of hydrogen-bond donors (Lipinski definition) is 1. The monoisotopic (exact) mass is 874 g/mol. The first-order valence-electron chi connectivity index (χ1n) is 19.6. The van der Waals surface area contributed by atoms with Crippen LogP contribution in [-0.2, 0) is 4.74 Å². The van der Waals surface area contributed by atoms with E-state index in [9.17, 15) is 29.6 Å². The molecule has 5 heterocycles. The van der Waals surface area contributed by atoms with Gasteiger partial charge in [-0.3, -0.25) is 24.7 Å². The highest BCUT2D eigenvalue weighted by atomic mass is 33.1. The third kappa shape index (κ3) is 9.43. The van der Waals surface area contributed by atoms with Crippen molar-refractivity contribution >= 4 is 62.8 Å². The van der Waals surface area contributed by atoms with E-state index >= 15 is 0 Å². The van der Waals surface area contributed by atoms with Crippen molar-refractivity contribution in [3.63, 3.8) is 0 Å². The van der Waals surface area contributed by atoms with Gasteiger partial charge in [-0.2, -0.15) is 0 Å². The number of amides is 3. The van der Waals surface area contributed by atoms with Crippen molar-refractivity contribution in [2.24, 2.45) is 4.99 Å². The van der Waals surface area contributed by atoms with Gasteiger partial charge in [-0.1, -0.05) is 35.1 Å². The summed E-state index contributed by atoms with van der Waals surface area (Å²) in [7, 11) is 5.61. The fourth-order valence-electron chi connectivity index (χ4n) is 7.48. The van der Waals surface area contributed by atoms with Crippen LogP contribution in [0, 0.1) is 10.1 Å². The van der Waals surface area contributed by atoms with Gasteiger partial charge in [0.2, 0.25) is 0 Å². The zero-order valence-corrected chi connectivity index (χ0v) is 35.6. The van der Waals surface area contributed by atoms with Crippen molar-refractivity contribution in [2.45, 2.75) is 67.6 Å². The van der Waals surface area contributed by atoms with E-state index in [1.165, 1.54) is 71.2 Å². The first-order valence-corrected chi connectivity index (χ1v) is 21.8. The number of nitro groups is 1. The van der Waals surface area contributed by atoms with E-state index in [-0.39, 0.29) is 65.4 Å². The normalized spacial score (nSPS) is 19.7. The molecule has 3 amide bonds. The Balaban J connectivity index is 0.976. The molecule has 2 fully saturated rings. The number of methoxy groups -OCH3 is 2. The Kier molecular flexibility index (Phi) is 13.4. The molecule has 0 saturated carbocycles. The summed E-state index contributed by atoms with van der Waals surface area (Å²) in [6.45, 7) is 11.2. The summed E-state index contributed by atoms with van der Waals surface area (Å²) in [5.41, 5.74) is 2.84. The first-order chi connectivity index (χ1) is 29.4. The second kappa shape index (κ2) is 18.9. The summed E-state index contributed by atoms with van der Waals surface area (Å²) in [4.78, 5) is 64.6. The predicted molar refractivity (Wildman–Crippen MR) is 230 cm³/mol. The van der Waals surface area contributed by atoms with Gasteiger partial charge in [-0.05, 0) is 68.0 Å². The molecule has 19 heteroatoms. The number of ether oxygens (including phenoxy) is 5. The minimum atomic E-state index is -1.46. The Hall–Kier alpha value is -5.79. The highest BCUT2D eigenvalue weighted by Gasteiger charge is 2.46. The molecule has 0 spiro atoms. The van der Waals surface area contributed by atoms with Crippen LogP contribution in [0.15, 0.2) is 76.9 Å². The SMILES string of the molecule is C=C1C[C@H]2C=Nc3cc(OCCCCCOc4cc5c(cc4OC)C(=O)N4CC(=C)C[C@H]4[C@H](O)N5C(=O)OCC(C)SSc4ccc([N+](=O)[O-])cn4)c(OC)cc3C(=O)N2C1. The molecular formula is C42H46N6O11S2. The van der Waals surface area contributed by atoms with Crippen molar-refractivity contribution in [1.82, 2.24) is 14.8 Å². The number of rotatable bonds is 16. The summed E-state index contributed by atoms with van der Waals surface area (Å²) in [5, 5.41) is 23.0. The smallest absolute Gasteiger partial charge is 0.416 e. The van der Waals surface area contributed by atoms with E-state index < -0.39 is 29.2 Å². The van der Waals surface area contributed by atoms with E-state index in [2.05, 4.69) is 23.1 Å². The topological polar surface area (TPSA) is 196 Å². The highest BCUT2D eigenvalue weighted by Crippen LogP contribution is 2.43. The quantitative estimate of drug-likeness (QED) is 0.0508. The van der Waals surface area contributed by atoms with Crippen molar-refractivity contribution in [1.29, 1.82) is 0 Å². The molecule has 1 N–H and O–H groups in total. The maximum atomic E-state index is 14.0. The van der Waals surface area contributed by atoms with Crippen molar-refractivity contribution < 1.29 is 48.1 Å². The lowest BCUT2D eigenvalue weighted by Gasteiger charge is -2.31. The molecule has 0 bridgehead atoms. The number of anilines is 1. The molecule has 61 heavy (non-hydrogen) atoms. The van der Waals surface area contributed by atoms with Gasteiger partial charge in [0.05, 0.1) is 66.9 Å². The van der Waals surface area contributed by atoms with Crippen LogP contribution in [0.3, 0.4) is 0 Å². The molecule has 3 aromatic rings. The predicted octanol–water partition coefficient (Wildman–Crippen LogP) is 7.00. The summed E-state index contributed by atoms with van der Waals surface area (Å²) >= 11 is 0. The van der Waals surface area contributed by atoms with Crippen LogP contribution in [-0.4, -0.2) is 120 Å². The molecule has 322 valence electrons. The minimum absolute atomic E-state index is 0.0525. The Morgan fingerprint density at radius 2 is 1.59 bits per heavy atom. The average molecular weight is 875 g/mol. The standard InChI is InChI=1S/C42H46N6O11S2/c1-24-13-28-20-43-31-17-36(34(55-4)15-29(31)39(49)45(28)21-24)57-11-7-6-8-12-58-37-18-32-30(16-35(37)56-5)40(50)46-22-25(2)14-33(46)41(51)47(32)42(52)59-23-26(3)60-61-38-10-9-27(19-44-38)48(53)54/h9-10,15-20,26,28,33,41,51H,1-2,6-8,11-14,21-23H2,3-5H3/t26?,28-,33-,41-/m0/s1. The lowest BCUT2D eigenvalue weighted by molar-refractivity contribution is -0.385. The molecule has 4 aliphatic rings. The summed E-state index contributed by atoms with van der Waals surface area (Å²) < 4.78 is 29.2. The zero-order valence-electron chi connectivity index (χ0n) is 33.9. The van der Waals surface area contributed by atoms with E-state index in [4.69, 9.17) is 23.7 Å². The number of nitrogens with zero attached hydrogens (tertiary/aromatic N) is 6. The number of benzene rings is 2.